The molecular formula is C33H26Cl2N2O6. The molecule has 43 heavy (non-hydrogen) atoms. The van der Waals surface area contributed by atoms with Crippen LogP contribution in [-0.2, 0) is 22.8 Å². The highest BCUT2D eigenvalue weighted by Crippen LogP contribution is 2.32. The van der Waals surface area contributed by atoms with E-state index in [1.54, 1.807) is 30.3 Å². The van der Waals surface area contributed by atoms with Crippen LogP contribution in [0.25, 0.3) is 6.08 Å². The summed E-state index contributed by atoms with van der Waals surface area (Å²) in [6.45, 7) is 2.88. The first-order chi connectivity index (χ1) is 20.8. The smallest absolute Gasteiger partial charge is 0.335 e. The Balaban J connectivity index is 1.36. The van der Waals surface area contributed by atoms with E-state index in [0.717, 1.165) is 16.0 Å². The van der Waals surface area contributed by atoms with Crippen LogP contribution in [0.5, 0.6) is 17.2 Å². The minimum atomic E-state index is -0.863. The van der Waals surface area contributed by atoms with E-state index in [2.05, 4.69) is 5.32 Å². The average Bonchev–Trinajstić information content (AvgIpc) is 3.00. The number of halogens is 2. The van der Waals surface area contributed by atoms with Gasteiger partial charge in [-0.1, -0.05) is 59.6 Å². The zero-order chi connectivity index (χ0) is 30.3. The van der Waals surface area contributed by atoms with Gasteiger partial charge in [-0.3, -0.25) is 14.9 Å². The summed E-state index contributed by atoms with van der Waals surface area (Å²) in [5.41, 5.74) is 2.21. The summed E-state index contributed by atoms with van der Waals surface area (Å²) in [6.07, 6.45) is 1.35. The second kappa shape index (κ2) is 13.5. The van der Waals surface area contributed by atoms with Gasteiger partial charge in [-0.2, -0.15) is 0 Å². The van der Waals surface area contributed by atoms with Crippen molar-refractivity contribution in [1.82, 2.24) is 5.32 Å². The van der Waals surface area contributed by atoms with E-state index in [0.29, 0.717) is 46.1 Å². The van der Waals surface area contributed by atoms with Crippen LogP contribution < -0.4 is 24.4 Å². The minimum Gasteiger partial charge on any atom is -0.490 e. The van der Waals surface area contributed by atoms with Crippen LogP contribution in [0.15, 0.2) is 96.6 Å². The number of hydrogen-bond donors (Lipinski definition) is 1. The maximum Gasteiger partial charge on any atom is 0.335 e. The Morgan fingerprint density at radius 1 is 0.721 bits per heavy atom. The number of nitrogens with one attached hydrogen (secondary N) is 1. The first-order valence-corrected chi connectivity index (χ1v) is 14.1. The van der Waals surface area contributed by atoms with Crippen molar-refractivity contribution in [2.24, 2.45) is 0 Å². The van der Waals surface area contributed by atoms with Crippen molar-refractivity contribution in [3.8, 4) is 17.2 Å². The molecule has 10 heteroatoms. The molecule has 0 aromatic heterocycles. The summed E-state index contributed by atoms with van der Waals surface area (Å²) in [4.78, 5) is 39.5. The van der Waals surface area contributed by atoms with Crippen molar-refractivity contribution in [2.75, 3.05) is 11.5 Å². The van der Waals surface area contributed by atoms with Gasteiger partial charge < -0.3 is 14.2 Å². The van der Waals surface area contributed by atoms with Gasteiger partial charge in [0, 0.05) is 15.6 Å². The van der Waals surface area contributed by atoms with Crippen molar-refractivity contribution < 1.29 is 28.6 Å². The number of benzene rings is 4. The Kier molecular flexibility index (Phi) is 9.29. The number of nitrogens with zero attached hydrogens (tertiary/aromatic N) is 1. The first kappa shape index (κ1) is 29.7. The molecule has 1 N–H and O–H groups in total. The Bertz CT molecular complexity index is 1690. The van der Waals surface area contributed by atoms with E-state index < -0.39 is 17.8 Å². The molecule has 1 aliphatic rings. The lowest BCUT2D eigenvalue weighted by Gasteiger charge is -2.26. The standard InChI is InChI=1S/C33H26Cl2N2O6/c1-2-41-30-16-22(8-14-29(30)43-19-21-6-4-3-5-7-21)20-42-28-15-11-25(35)17-23(28)18-27-31(38)36-33(40)37(32(27)39)26-12-9-24(34)10-13-26/h3-18H,2,19-20H2,1H3,(H,36,38,40)/b27-18-. The van der Waals surface area contributed by atoms with Crippen molar-refractivity contribution >= 4 is 52.8 Å². The lowest BCUT2D eigenvalue weighted by atomic mass is 10.1. The third-order valence-electron chi connectivity index (χ3n) is 6.40. The third-order valence-corrected chi connectivity index (χ3v) is 6.88. The molecule has 4 aromatic rings. The molecule has 1 aliphatic heterocycles. The summed E-state index contributed by atoms with van der Waals surface area (Å²) in [7, 11) is 0. The Morgan fingerprint density at radius 3 is 2.14 bits per heavy atom. The van der Waals surface area contributed by atoms with Crippen molar-refractivity contribution in [3.63, 3.8) is 0 Å². The molecule has 1 saturated heterocycles. The summed E-state index contributed by atoms with van der Waals surface area (Å²) >= 11 is 12.2. The third kappa shape index (κ3) is 7.17. The molecule has 0 spiro atoms. The topological polar surface area (TPSA) is 94.2 Å². The largest absolute Gasteiger partial charge is 0.490 e. The minimum absolute atomic E-state index is 0.145. The molecule has 0 bridgehead atoms. The van der Waals surface area contributed by atoms with Crippen molar-refractivity contribution in [3.05, 3.63) is 123 Å². The molecule has 0 atom stereocenters. The van der Waals surface area contributed by atoms with Gasteiger partial charge in [0.15, 0.2) is 11.5 Å². The fourth-order valence-corrected chi connectivity index (χ4v) is 4.63. The van der Waals surface area contributed by atoms with Crippen LogP contribution in [0.1, 0.15) is 23.6 Å². The van der Waals surface area contributed by atoms with Gasteiger partial charge >= 0.3 is 6.03 Å². The number of rotatable bonds is 10. The van der Waals surface area contributed by atoms with Crippen LogP contribution >= 0.6 is 23.2 Å². The zero-order valence-electron chi connectivity index (χ0n) is 23.0. The molecule has 0 unspecified atom stereocenters. The molecule has 0 aliphatic carbocycles. The highest BCUT2D eigenvalue weighted by molar-refractivity contribution is 6.39. The molecule has 8 nitrogen and oxygen atoms in total. The summed E-state index contributed by atoms with van der Waals surface area (Å²) in [6, 6.07) is 25.4. The monoisotopic (exact) mass is 616 g/mol. The maximum atomic E-state index is 13.3. The Labute approximate surface area is 258 Å². The second-order valence-electron chi connectivity index (χ2n) is 9.39. The number of anilines is 1. The van der Waals surface area contributed by atoms with E-state index in [9.17, 15) is 14.4 Å². The van der Waals surface area contributed by atoms with Crippen LogP contribution in [0.4, 0.5) is 10.5 Å². The highest BCUT2D eigenvalue weighted by Gasteiger charge is 2.37. The van der Waals surface area contributed by atoms with Crippen molar-refractivity contribution in [2.45, 2.75) is 20.1 Å². The van der Waals surface area contributed by atoms with Gasteiger partial charge in [0.25, 0.3) is 11.8 Å². The molecule has 0 radical (unpaired) electrons. The van der Waals surface area contributed by atoms with Crippen LogP contribution in [0.2, 0.25) is 10.0 Å². The van der Waals surface area contributed by atoms with Crippen LogP contribution in [0.3, 0.4) is 0 Å². The number of ether oxygens (including phenoxy) is 3. The van der Waals surface area contributed by atoms with Gasteiger partial charge in [-0.25, -0.2) is 9.69 Å². The van der Waals surface area contributed by atoms with E-state index in [4.69, 9.17) is 37.4 Å². The molecule has 4 amide bonds. The quantitative estimate of drug-likeness (QED) is 0.149. The molecule has 1 fully saturated rings. The molecule has 4 aromatic carbocycles. The highest BCUT2D eigenvalue weighted by atomic mass is 35.5. The normalized spacial score (nSPS) is 14.1. The van der Waals surface area contributed by atoms with Crippen LogP contribution in [0, 0.1) is 0 Å². The van der Waals surface area contributed by atoms with Crippen LogP contribution in [-0.4, -0.2) is 24.5 Å². The fourth-order valence-electron chi connectivity index (χ4n) is 4.33. The SMILES string of the molecule is CCOc1cc(COc2ccc(Cl)cc2/C=C2/C(=O)NC(=O)N(c3ccc(Cl)cc3)C2=O)ccc1OCc1ccccc1. The lowest BCUT2D eigenvalue weighted by molar-refractivity contribution is -0.122. The van der Waals surface area contributed by atoms with E-state index in [1.807, 2.05) is 55.5 Å². The summed E-state index contributed by atoms with van der Waals surface area (Å²) in [5, 5.41) is 3.01. The predicted octanol–water partition coefficient (Wildman–Crippen LogP) is 7.22. The number of carbonyl (C=O) groups is 3. The van der Waals surface area contributed by atoms with Gasteiger partial charge in [0.1, 0.15) is 24.5 Å². The van der Waals surface area contributed by atoms with Crippen molar-refractivity contribution in [1.29, 1.82) is 0 Å². The number of barbiturate groups is 1. The maximum absolute atomic E-state index is 13.3. The molecule has 218 valence electrons. The van der Waals surface area contributed by atoms with Gasteiger partial charge in [-0.15, -0.1) is 0 Å². The predicted molar refractivity (Wildman–Crippen MR) is 165 cm³/mol. The van der Waals surface area contributed by atoms with E-state index in [1.165, 1.54) is 18.2 Å². The first-order valence-electron chi connectivity index (χ1n) is 13.3. The Hall–Kier alpha value is -4.79. The fraction of sp³-hybridized carbons (Fsp3) is 0.121. The number of carbonyl (C=O) groups excluding carboxylic acids is 3. The Morgan fingerprint density at radius 2 is 1.40 bits per heavy atom. The second-order valence-corrected chi connectivity index (χ2v) is 10.3. The average molecular weight is 617 g/mol. The number of urea groups is 1. The van der Waals surface area contributed by atoms with E-state index >= 15 is 0 Å². The van der Waals surface area contributed by atoms with Gasteiger partial charge in [-0.05, 0) is 78.7 Å². The summed E-state index contributed by atoms with van der Waals surface area (Å²) in [5.74, 6) is -0.0785. The van der Waals surface area contributed by atoms with E-state index in [-0.39, 0.29) is 17.9 Å². The number of imide groups is 2. The van der Waals surface area contributed by atoms with Gasteiger partial charge in [0.05, 0.1) is 12.3 Å². The van der Waals surface area contributed by atoms with Gasteiger partial charge in [0.2, 0.25) is 0 Å². The molecule has 1 heterocycles. The molecule has 0 saturated carbocycles. The zero-order valence-corrected chi connectivity index (χ0v) is 24.5. The molecule has 5 rings (SSSR count). The number of amides is 4. The molecular weight excluding hydrogens is 591 g/mol. The lowest BCUT2D eigenvalue weighted by Crippen LogP contribution is -2.54. The summed E-state index contributed by atoms with van der Waals surface area (Å²) < 4.78 is 17.9. The number of hydrogen-bond acceptors (Lipinski definition) is 6.